The minimum atomic E-state index is 0.203. The molecule has 0 saturated carbocycles. The molecule has 1 aliphatic heterocycles. The third-order valence-electron chi connectivity index (χ3n) is 5.21. The predicted molar refractivity (Wildman–Crippen MR) is 110 cm³/mol. The summed E-state index contributed by atoms with van der Waals surface area (Å²) in [6.45, 7) is 1.59. The Morgan fingerprint density at radius 3 is 2.83 bits per heavy atom. The van der Waals surface area contributed by atoms with Crippen molar-refractivity contribution in [3.05, 3.63) is 49.1 Å². The van der Waals surface area contributed by atoms with E-state index in [4.69, 9.17) is 10.7 Å². The third-order valence-corrected chi connectivity index (χ3v) is 5.21. The summed E-state index contributed by atoms with van der Waals surface area (Å²) in [4.78, 5) is 23.5. The number of rotatable bonds is 3. The summed E-state index contributed by atoms with van der Waals surface area (Å²) >= 11 is 0. The Hall–Kier alpha value is -3.85. The molecule has 6 rings (SSSR count). The number of H-pyrrole nitrogens is 2. The summed E-state index contributed by atoms with van der Waals surface area (Å²) in [5.74, 6) is 0.820. The van der Waals surface area contributed by atoms with Crippen molar-refractivity contribution >= 4 is 27.8 Å². The van der Waals surface area contributed by atoms with E-state index in [1.165, 1.54) is 0 Å². The highest BCUT2D eigenvalue weighted by Gasteiger charge is 2.24. The molecule has 9 heteroatoms. The number of nitrogens with one attached hydrogen (secondary N) is 2. The molecular weight excluding hydrogens is 366 g/mol. The molecule has 0 aromatic carbocycles. The first-order chi connectivity index (χ1) is 14.2. The van der Waals surface area contributed by atoms with Crippen LogP contribution in [-0.4, -0.2) is 54.2 Å². The maximum Gasteiger partial charge on any atom is 0.147 e. The highest BCUT2D eigenvalue weighted by molar-refractivity contribution is 5.96. The van der Waals surface area contributed by atoms with E-state index in [2.05, 4.69) is 35.0 Å². The van der Waals surface area contributed by atoms with Crippen molar-refractivity contribution in [1.29, 1.82) is 0 Å². The number of pyridine rings is 2. The SMILES string of the molecule is NC1CN(c2cncc(-c3cc4c(-c5cc6ncccc6[nH]5)n[nH]c4cn3)n2)C1. The first-order valence-corrected chi connectivity index (χ1v) is 9.36. The molecular formula is C20H17N9. The highest BCUT2D eigenvalue weighted by atomic mass is 15.3. The Bertz CT molecular complexity index is 1310. The second-order valence-electron chi connectivity index (χ2n) is 7.23. The van der Waals surface area contributed by atoms with Crippen LogP contribution in [0.15, 0.2) is 49.1 Å². The van der Waals surface area contributed by atoms with Crippen LogP contribution in [0.25, 0.3) is 44.7 Å². The zero-order chi connectivity index (χ0) is 19.4. The number of anilines is 1. The number of aromatic nitrogens is 7. The molecule has 142 valence electrons. The van der Waals surface area contributed by atoms with Gasteiger partial charge in [0.2, 0.25) is 0 Å². The second-order valence-corrected chi connectivity index (χ2v) is 7.23. The zero-order valence-corrected chi connectivity index (χ0v) is 15.4. The molecule has 6 heterocycles. The predicted octanol–water partition coefficient (Wildman–Crippen LogP) is 2.11. The maximum atomic E-state index is 5.89. The van der Waals surface area contributed by atoms with Crippen LogP contribution in [-0.2, 0) is 0 Å². The quantitative estimate of drug-likeness (QED) is 0.436. The fourth-order valence-corrected chi connectivity index (χ4v) is 3.68. The lowest BCUT2D eigenvalue weighted by molar-refractivity contribution is 0.514. The Morgan fingerprint density at radius 2 is 1.97 bits per heavy atom. The van der Waals surface area contributed by atoms with Gasteiger partial charge in [-0.05, 0) is 24.3 Å². The van der Waals surface area contributed by atoms with Gasteiger partial charge in [-0.3, -0.25) is 20.1 Å². The Kier molecular flexibility index (Phi) is 3.38. The Balaban J connectivity index is 1.43. The van der Waals surface area contributed by atoms with E-state index in [9.17, 15) is 0 Å². The summed E-state index contributed by atoms with van der Waals surface area (Å²) in [5.41, 5.74) is 11.8. The van der Waals surface area contributed by atoms with Gasteiger partial charge >= 0.3 is 0 Å². The van der Waals surface area contributed by atoms with Crippen molar-refractivity contribution < 1.29 is 0 Å². The fraction of sp³-hybridized carbons (Fsp3) is 0.150. The van der Waals surface area contributed by atoms with Gasteiger partial charge in [-0.1, -0.05) is 0 Å². The van der Waals surface area contributed by atoms with Gasteiger partial charge in [0.25, 0.3) is 0 Å². The van der Waals surface area contributed by atoms with Gasteiger partial charge in [0.05, 0.1) is 46.5 Å². The van der Waals surface area contributed by atoms with Crippen LogP contribution in [0.2, 0.25) is 0 Å². The molecule has 1 fully saturated rings. The fourth-order valence-electron chi connectivity index (χ4n) is 3.68. The van der Waals surface area contributed by atoms with E-state index in [0.29, 0.717) is 0 Å². The molecule has 0 atom stereocenters. The van der Waals surface area contributed by atoms with Gasteiger partial charge in [-0.25, -0.2) is 4.98 Å². The number of hydrogen-bond acceptors (Lipinski definition) is 7. The number of aromatic amines is 2. The normalized spacial score (nSPS) is 14.6. The van der Waals surface area contributed by atoms with Gasteiger partial charge in [0.15, 0.2) is 0 Å². The number of hydrogen-bond donors (Lipinski definition) is 3. The van der Waals surface area contributed by atoms with Crippen molar-refractivity contribution in [2.24, 2.45) is 5.73 Å². The van der Waals surface area contributed by atoms with Crippen LogP contribution in [0, 0.1) is 0 Å². The van der Waals surface area contributed by atoms with Crippen LogP contribution in [0.5, 0.6) is 0 Å². The number of nitrogens with zero attached hydrogens (tertiary/aromatic N) is 6. The largest absolute Gasteiger partial charge is 0.352 e. The van der Waals surface area contributed by atoms with Crippen molar-refractivity contribution in [3.63, 3.8) is 0 Å². The van der Waals surface area contributed by atoms with E-state index in [0.717, 1.165) is 63.6 Å². The number of nitrogens with two attached hydrogens (primary N) is 1. The molecule has 0 spiro atoms. The molecule has 0 bridgehead atoms. The molecule has 5 aromatic rings. The first kappa shape index (κ1) is 16.1. The Morgan fingerprint density at radius 1 is 1.03 bits per heavy atom. The molecule has 0 unspecified atom stereocenters. The van der Waals surface area contributed by atoms with Gasteiger partial charge in [0, 0.05) is 30.7 Å². The standard InChI is InChI=1S/C20H17N9/c21-11-9-29(10-11)19-8-22-6-18(26-19)14-4-12-17(7-24-14)27-28-20(12)16-5-15-13(25-16)2-1-3-23-15/h1-8,11,25H,9-10,21H2,(H,27,28). The smallest absolute Gasteiger partial charge is 0.147 e. The molecule has 1 aliphatic rings. The molecule has 0 aliphatic carbocycles. The minimum absolute atomic E-state index is 0.203. The second kappa shape index (κ2) is 6.08. The van der Waals surface area contributed by atoms with Crippen LogP contribution in [0.3, 0.4) is 0 Å². The summed E-state index contributed by atoms with van der Waals surface area (Å²) in [6.07, 6.45) is 7.04. The zero-order valence-electron chi connectivity index (χ0n) is 15.4. The molecule has 0 amide bonds. The van der Waals surface area contributed by atoms with Crippen LogP contribution < -0.4 is 10.6 Å². The van der Waals surface area contributed by atoms with Crippen molar-refractivity contribution in [1.82, 2.24) is 35.1 Å². The lowest BCUT2D eigenvalue weighted by Gasteiger charge is -2.37. The van der Waals surface area contributed by atoms with Gasteiger partial charge in [-0.15, -0.1) is 0 Å². The van der Waals surface area contributed by atoms with E-state index in [-0.39, 0.29) is 6.04 Å². The summed E-state index contributed by atoms with van der Waals surface area (Å²) < 4.78 is 0. The molecule has 5 aromatic heterocycles. The lowest BCUT2D eigenvalue weighted by Crippen LogP contribution is -2.56. The minimum Gasteiger partial charge on any atom is -0.352 e. The van der Waals surface area contributed by atoms with Crippen molar-refractivity contribution in [2.45, 2.75) is 6.04 Å². The average molecular weight is 383 g/mol. The van der Waals surface area contributed by atoms with Crippen molar-refractivity contribution in [2.75, 3.05) is 18.0 Å². The summed E-state index contributed by atoms with van der Waals surface area (Å²) in [7, 11) is 0. The van der Waals surface area contributed by atoms with Gasteiger partial charge in [-0.2, -0.15) is 5.10 Å². The van der Waals surface area contributed by atoms with Gasteiger partial charge in [0.1, 0.15) is 17.2 Å². The average Bonchev–Trinajstić information content (AvgIpc) is 3.34. The number of fused-ring (bicyclic) bond motifs is 2. The van der Waals surface area contributed by atoms with E-state index < -0.39 is 0 Å². The van der Waals surface area contributed by atoms with Gasteiger partial charge < -0.3 is 15.6 Å². The van der Waals surface area contributed by atoms with E-state index >= 15 is 0 Å². The monoisotopic (exact) mass is 383 g/mol. The molecule has 0 radical (unpaired) electrons. The van der Waals surface area contributed by atoms with Crippen LogP contribution in [0.1, 0.15) is 0 Å². The molecule has 1 saturated heterocycles. The highest BCUT2D eigenvalue weighted by Crippen LogP contribution is 2.30. The van der Waals surface area contributed by atoms with E-state index in [1.807, 2.05) is 24.3 Å². The first-order valence-electron chi connectivity index (χ1n) is 9.36. The summed E-state index contributed by atoms with van der Waals surface area (Å²) in [6, 6.07) is 8.09. The molecule has 4 N–H and O–H groups in total. The summed E-state index contributed by atoms with van der Waals surface area (Å²) in [5, 5.41) is 8.50. The topological polar surface area (TPSA) is 125 Å². The molecule has 29 heavy (non-hydrogen) atoms. The maximum absolute atomic E-state index is 5.89. The molecule has 9 nitrogen and oxygen atoms in total. The van der Waals surface area contributed by atoms with Crippen molar-refractivity contribution in [3.8, 4) is 22.8 Å². The van der Waals surface area contributed by atoms with Crippen LogP contribution >= 0.6 is 0 Å². The Labute approximate surface area is 165 Å². The van der Waals surface area contributed by atoms with E-state index in [1.54, 1.807) is 24.8 Å². The lowest BCUT2D eigenvalue weighted by atomic mass is 10.1. The third kappa shape index (κ3) is 2.63. The van der Waals surface area contributed by atoms with Crippen LogP contribution in [0.4, 0.5) is 5.82 Å².